The second kappa shape index (κ2) is 4.68. The fraction of sp³-hybridized carbons (Fsp3) is 0.0909. The van der Waals surface area contributed by atoms with Crippen molar-refractivity contribution in [1.29, 1.82) is 0 Å². The predicted octanol–water partition coefficient (Wildman–Crippen LogP) is 2.96. The van der Waals surface area contributed by atoms with Crippen molar-refractivity contribution in [2.45, 2.75) is 6.42 Å². The number of hydrogen-bond donors (Lipinski definition) is 1. The maximum atomic E-state index is 6.05. The summed E-state index contributed by atoms with van der Waals surface area (Å²) in [6.07, 6.45) is 3.62. The van der Waals surface area contributed by atoms with Gasteiger partial charge in [-0.05, 0) is 17.7 Å². The first-order valence-electron chi connectivity index (χ1n) is 4.66. The zero-order chi connectivity index (χ0) is 11.5. The molecule has 0 fully saturated rings. The number of hydrogen-bond acceptors (Lipinski definition) is 3. The van der Waals surface area contributed by atoms with Crippen molar-refractivity contribution in [3.05, 3.63) is 52.0 Å². The lowest BCUT2D eigenvalue weighted by molar-refractivity contribution is 0.971. The normalized spacial score (nSPS) is 10.4. The van der Waals surface area contributed by atoms with Crippen LogP contribution in [0.5, 0.6) is 0 Å². The van der Waals surface area contributed by atoms with Crippen LogP contribution >= 0.6 is 23.2 Å². The van der Waals surface area contributed by atoms with Gasteiger partial charge in [0, 0.05) is 16.5 Å². The minimum atomic E-state index is 0.499. The van der Waals surface area contributed by atoms with E-state index in [9.17, 15) is 0 Å². The summed E-state index contributed by atoms with van der Waals surface area (Å²) < 4.78 is 0. The summed E-state index contributed by atoms with van der Waals surface area (Å²) in [7, 11) is 0. The number of benzene rings is 1. The van der Waals surface area contributed by atoms with Crippen LogP contribution in [-0.4, -0.2) is 9.97 Å². The van der Waals surface area contributed by atoms with E-state index in [1.807, 2.05) is 0 Å². The number of halogens is 2. The summed E-state index contributed by atoms with van der Waals surface area (Å²) in [5.74, 6) is 0.643. The molecule has 0 aliphatic heterocycles. The summed E-state index contributed by atoms with van der Waals surface area (Å²) >= 11 is 12.1. The van der Waals surface area contributed by atoms with Crippen LogP contribution < -0.4 is 5.73 Å². The molecule has 0 atom stereocenters. The molecule has 0 aliphatic carbocycles. The summed E-state index contributed by atoms with van der Waals surface area (Å²) in [6.45, 7) is 0. The molecule has 16 heavy (non-hydrogen) atoms. The minimum absolute atomic E-state index is 0.499. The molecule has 0 saturated carbocycles. The standard InChI is InChI=1S/C11H9Cl2N3/c12-9-2-1-3-10(13)8(9)4-11-15-5-7(14)6-16-11/h1-3,5-6H,4,14H2. The smallest absolute Gasteiger partial charge is 0.132 e. The van der Waals surface area contributed by atoms with Gasteiger partial charge in [-0.1, -0.05) is 29.3 Å². The summed E-state index contributed by atoms with van der Waals surface area (Å²) in [5, 5.41) is 1.24. The molecule has 2 rings (SSSR count). The molecule has 0 unspecified atom stereocenters. The van der Waals surface area contributed by atoms with E-state index in [1.165, 1.54) is 0 Å². The number of aromatic nitrogens is 2. The highest BCUT2D eigenvalue weighted by Gasteiger charge is 2.07. The topological polar surface area (TPSA) is 51.8 Å². The molecule has 2 N–H and O–H groups in total. The average Bonchev–Trinajstić information content (AvgIpc) is 2.26. The third kappa shape index (κ3) is 2.43. The van der Waals surface area contributed by atoms with Crippen LogP contribution in [0.25, 0.3) is 0 Å². The molecular weight excluding hydrogens is 245 g/mol. The number of nitrogen functional groups attached to an aromatic ring is 1. The Balaban J connectivity index is 2.30. The van der Waals surface area contributed by atoms with Gasteiger partial charge in [0.25, 0.3) is 0 Å². The second-order valence-corrected chi connectivity index (χ2v) is 4.12. The van der Waals surface area contributed by atoms with Crippen molar-refractivity contribution >= 4 is 28.9 Å². The van der Waals surface area contributed by atoms with E-state index in [2.05, 4.69) is 9.97 Å². The molecule has 82 valence electrons. The first kappa shape index (κ1) is 11.2. The van der Waals surface area contributed by atoms with Gasteiger partial charge < -0.3 is 5.73 Å². The zero-order valence-electron chi connectivity index (χ0n) is 8.32. The Morgan fingerprint density at radius 2 is 1.62 bits per heavy atom. The van der Waals surface area contributed by atoms with Crippen molar-refractivity contribution in [1.82, 2.24) is 9.97 Å². The van der Waals surface area contributed by atoms with Crippen LogP contribution in [0.3, 0.4) is 0 Å². The van der Waals surface area contributed by atoms with Gasteiger partial charge in [-0.2, -0.15) is 0 Å². The van der Waals surface area contributed by atoms with Crippen LogP contribution in [0.15, 0.2) is 30.6 Å². The van der Waals surface area contributed by atoms with E-state index in [0.29, 0.717) is 28.0 Å². The van der Waals surface area contributed by atoms with Gasteiger partial charge in [-0.3, -0.25) is 0 Å². The quantitative estimate of drug-likeness (QED) is 0.896. The lowest BCUT2D eigenvalue weighted by Gasteiger charge is -2.05. The molecule has 0 aliphatic rings. The van der Waals surface area contributed by atoms with Crippen molar-refractivity contribution < 1.29 is 0 Å². The van der Waals surface area contributed by atoms with E-state index >= 15 is 0 Å². The van der Waals surface area contributed by atoms with Gasteiger partial charge in [0.1, 0.15) is 5.82 Å². The molecule has 1 heterocycles. The molecule has 0 radical (unpaired) electrons. The Morgan fingerprint density at radius 1 is 1.06 bits per heavy atom. The van der Waals surface area contributed by atoms with Gasteiger partial charge in [0.2, 0.25) is 0 Å². The van der Waals surface area contributed by atoms with Crippen molar-refractivity contribution in [3.63, 3.8) is 0 Å². The molecule has 1 aromatic heterocycles. The molecule has 5 heteroatoms. The molecular formula is C11H9Cl2N3. The lowest BCUT2D eigenvalue weighted by atomic mass is 10.1. The van der Waals surface area contributed by atoms with Crippen molar-refractivity contribution in [2.24, 2.45) is 0 Å². The van der Waals surface area contributed by atoms with Crippen molar-refractivity contribution in [2.75, 3.05) is 5.73 Å². The maximum Gasteiger partial charge on any atom is 0.132 e. The summed E-state index contributed by atoms with van der Waals surface area (Å²) in [5.41, 5.74) is 6.87. The van der Waals surface area contributed by atoms with Crippen LogP contribution in [-0.2, 0) is 6.42 Å². The van der Waals surface area contributed by atoms with Gasteiger partial charge >= 0.3 is 0 Å². The molecule has 0 amide bonds. The molecule has 0 saturated heterocycles. The van der Waals surface area contributed by atoms with E-state index in [0.717, 1.165) is 5.56 Å². The monoisotopic (exact) mass is 253 g/mol. The average molecular weight is 254 g/mol. The number of rotatable bonds is 2. The van der Waals surface area contributed by atoms with Crippen LogP contribution in [0.4, 0.5) is 5.69 Å². The van der Waals surface area contributed by atoms with Crippen molar-refractivity contribution in [3.8, 4) is 0 Å². The summed E-state index contributed by atoms with van der Waals surface area (Å²) in [4.78, 5) is 8.20. The fourth-order valence-electron chi connectivity index (χ4n) is 1.32. The largest absolute Gasteiger partial charge is 0.396 e. The molecule has 0 spiro atoms. The van der Waals surface area contributed by atoms with Gasteiger partial charge in [-0.15, -0.1) is 0 Å². The number of anilines is 1. The fourth-order valence-corrected chi connectivity index (χ4v) is 1.85. The van der Waals surface area contributed by atoms with Crippen LogP contribution in [0.2, 0.25) is 10.0 Å². The SMILES string of the molecule is Nc1cnc(Cc2c(Cl)cccc2Cl)nc1. The van der Waals surface area contributed by atoms with Crippen LogP contribution in [0, 0.1) is 0 Å². The molecule has 2 aromatic rings. The second-order valence-electron chi connectivity index (χ2n) is 3.31. The third-order valence-corrected chi connectivity index (χ3v) is 2.83. The van der Waals surface area contributed by atoms with E-state index < -0.39 is 0 Å². The first-order valence-corrected chi connectivity index (χ1v) is 5.41. The molecule has 1 aromatic carbocycles. The maximum absolute atomic E-state index is 6.05. The number of nitrogens with two attached hydrogens (primary N) is 1. The van der Waals surface area contributed by atoms with Crippen LogP contribution in [0.1, 0.15) is 11.4 Å². The molecule has 0 bridgehead atoms. The highest BCUT2D eigenvalue weighted by atomic mass is 35.5. The lowest BCUT2D eigenvalue weighted by Crippen LogP contribution is -1.99. The summed E-state index contributed by atoms with van der Waals surface area (Å²) in [6, 6.07) is 5.39. The van der Waals surface area contributed by atoms with Gasteiger partial charge in [-0.25, -0.2) is 9.97 Å². The Morgan fingerprint density at radius 3 is 2.19 bits per heavy atom. The Bertz CT molecular complexity index is 477. The van der Waals surface area contributed by atoms with Gasteiger partial charge in [0.15, 0.2) is 0 Å². The number of nitrogens with zero attached hydrogens (tertiary/aromatic N) is 2. The van der Waals surface area contributed by atoms with E-state index in [4.69, 9.17) is 28.9 Å². The highest BCUT2D eigenvalue weighted by Crippen LogP contribution is 2.25. The van der Waals surface area contributed by atoms with E-state index in [1.54, 1.807) is 30.6 Å². The Hall–Kier alpha value is -1.32. The Labute approximate surface area is 103 Å². The van der Waals surface area contributed by atoms with Gasteiger partial charge in [0.05, 0.1) is 18.1 Å². The molecule has 3 nitrogen and oxygen atoms in total. The van der Waals surface area contributed by atoms with E-state index in [-0.39, 0.29) is 0 Å². The highest BCUT2D eigenvalue weighted by molar-refractivity contribution is 6.36. The Kier molecular flexibility index (Phi) is 3.27. The first-order chi connectivity index (χ1) is 7.66. The zero-order valence-corrected chi connectivity index (χ0v) is 9.83. The third-order valence-electron chi connectivity index (χ3n) is 2.12. The predicted molar refractivity (Wildman–Crippen MR) is 65.7 cm³/mol. The minimum Gasteiger partial charge on any atom is -0.396 e.